The molecular weight excluding hydrogens is 256 g/mol. The van der Waals surface area contributed by atoms with Gasteiger partial charge in [0, 0.05) is 12.6 Å². The van der Waals surface area contributed by atoms with Crippen LogP contribution in [0.3, 0.4) is 0 Å². The highest BCUT2D eigenvalue weighted by Crippen LogP contribution is 2.33. The summed E-state index contributed by atoms with van der Waals surface area (Å²) in [6.45, 7) is 10.5. The van der Waals surface area contributed by atoms with Gasteiger partial charge in [0.1, 0.15) is 0 Å². The van der Waals surface area contributed by atoms with Crippen LogP contribution in [0.2, 0.25) is 0 Å². The first kappa shape index (κ1) is 16.5. The number of nitrogens with zero attached hydrogens (tertiary/aromatic N) is 1. The predicted octanol–water partition coefficient (Wildman–Crippen LogP) is 4.22. The smallest absolute Gasteiger partial charge is 0.0359 e. The Morgan fingerprint density at radius 2 is 1.81 bits per heavy atom. The maximum atomic E-state index is 6.54. The Balaban J connectivity index is 1.89. The molecule has 2 rings (SSSR count). The topological polar surface area (TPSA) is 29.3 Å². The Morgan fingerprint density at radius 3 is 2.38 bits per heavy atom. The maximum absolute atomic E-state index is 6.54. The van der Waals surface area contributed by atoms with Gasteiger partial charge in [-0.1, -0.05) is 63.9 Å². The summed E-state index contributed by atoms with van der Waals surface area (Å²) in [6.07, 6.45) is 5.46. The van der Waals surface area contributed by atoms with Crippen molar-refractivity contribution in [3.63, 3.8) is 0 Å². The molecule has 1 heterocycles. The highest BCUT2D eigenvalue weighted by molar-refractivity contribution is 5.20. The molecule has 0 bridgehead atoms. The van der Waals surface area contributed by atoms with Gasteiger partial charge in [-0.2, -0.15) is 0 Å². The van der Waals surface area contributed by atoms with Gasteiger partial charge >= 0.3 is 0 Å². The van der Waals surface area contributed by atoms with E-state index in [1.165, 1.54) is 44.3 Å². The van der Waals surface area contributed by atoms with Crippen LogP contribution in [0.25, 0.3) is 0 Å². The minimum atomic E-state index is 0.104. The number of piperidine rings is 1. The summed E-state index contributed by atoms with van der Waals surface area (Å²) in [5.74, 6) is 0.956. The Labute approximate surface area is 130 Å². The van der Waals surface area contributed by atoms with Gasteiger partial charge in [0.25, 0.3) is 0 Å². The first-order valence-electron chi connectivity index (χ1n) is 8.56. The van der Waals surface area contributed by atoms with Gasteiger partial charge in [-0.05, 0) is 42.8 Å². The standard InChI is InChI=1S/C19H32N2/c1-4-8-16-11-13-21(14-12-16)15-19(2,3)18(20)17-9-6-5-7-10-17/h5-7,9-10,16,18H,4,8,11-15,20H2,1-3H3. The van der Waals surface area contributed by atoms with Gasteiger partial charge in [0.2, 0.25) is 0 Å². The van der Waals surface area contributed by atoms with Crippen molar-refractivity contribution in [2.75, 3.05) is 19.6 Å². The Bertz CT molecular complexity index is 405. The molecule has 0 aliphatic carbocycles. The Kier molecular flexibility index (Phi) is 5.83. The zero-order chi connectivity index (χ0) is 15.3. The summed E-state index contributed by atoms with van der Waals surface area (Å²) in [5, 5.41) is 0. The number of rotatable bonds is 6. The molecule has 1 atom stereocenters. The van der Waals surface area contributed by atoms with Crippen molar-refractivity contribution in [1.82, 2.24) is 4.90 Å². The minimum absolute atomic E-state index is 0.104. The molecule has 2 nitrogen and oxygen atoms in total. The van der Waals surface area contributed by atoms with Crippen molar-refractivity contribution in [1.29, 1.82) is 0 Å². The van der Waals surface area contributed by atoms with E-state index < -0.39 is 0 Å². The van der Waals surface area contributed by atoms with Crippen molar-refractivity contribution >= 4 is 0 Å². The zero-order valence-corrected chi connectivity index (χ0v) is 14.0. The van der Waals surface area contributed by atoms with Gasteiger partial charge in [-0.3, -0.25) is 0 Å². The fourth-order valence-electron chi connectivity index (χ4n) is 3.63. The van der Waals surface area contributed by atoms with Crippen LogP contribution in [0.1, 0.15) is 58.1 Å². The van der Waals surface area contributed by atoms with Gasteiger partial charge in [-0.25, -0.2) is 0 Å². The molecule has 2 heteroatoms. The number of likely N-dealkylation sites (tertiary alicyclic amines) is 1. The van der Waals surface area contributed by atoms with Crippen LogP contribution in [0, 0.1) is 11.3 Å². The van der Waals surface area contributed by atoms with Crippen molar-refractivity contribution in [3.05, 3.63) is 35.9 Å². The van der Waals surface area contributed by atoms with E-state index in [2.05, 4.69) is 56.0 Å². The molecule has 1 saturated heterocycles. The second kappa shape index (κ2) is 7.42. The third-order valence-electron chi connectivity index (χ3n) is 5.04. The van der Waals surface area contributed by atoms with Crippen LogP contribution in [0.5, 0.6) is 0 Å². The fraction of sp³-hybridized carbons (Fsp3) is 0.684. The summed E-state index contributed by atoms with van der Waals surface area (Å²) in [5.41, 5.74) is 7.90. The fourth-order valence-corrected chi connectivity index (χ4v) is 3.63. The molecule has 0 aromatic heterocycles. The quantitative estimate of drug-likeness (QED) is 0.849. The van der Waals surface area contributed by atoms with Gasteiger partial charge < -0.3 is 10.6 Å². The van der Waals surface area contributed by atoms with E-state index in [0.717, 1.165) is 12.5 Å². The predicted molar refractivity (Wildman–Crippen MR) is 91.2 cm³/mol. The third kappa shape index (κ3) is 4.55. The molecule has 1 aromatic carbocycles. The van der Waals surface area contributed by atoms with Crippen LogP contribution in [0.4, 0.5) is 0 Å². The lowest BCUT2D eigenvalue weighted by Crippen LogP contribution is -2.44. The minimum Gasteiger partial charge on any atom is -0.323 e. The molecule has 118 valence electrons. The Hall–Kier alpha value is -0.860. The van der Waals surface area contributed by atoms with E-state index in [1.807, 2.05) is 0 Å². The van der Waals surface area contributed by atoms with E-state index in [1.54, 1.807) is 0 Å². The summed E-state index contributed by atoms with van der Waals surface area (Å²) in [6, 6.07) is 10.6. The summed E-state index contributed by atoms with van der Waals surface area (Å²) in [7, 11) is 0. The van der Waals surface area contributed by atoms with E-state index in [-0.39, 0.29) is 11.5 Å². The summed E-state index contributed by atoms with van der Waals surface area (Å²) < 4.78 is 0. The van der Waals surface area contributed by atoms with Gasteiger partial charge in [-0.15, -0.1) is 0 Å². The van der Waals surface area contributed by atoms with Crippen molar-refractivity contribution in [2.24, 2.45) is 17.1 Å². The lowest BCUT2D eigenvalue weighted by molar-refractivity contribution is 0.110. The van der Waals surface area contributed by atoms with E-state index in [9.17, 15) is 0 Å². The molecule has 1 aromatic rings. The van der Waals surface area contributed by atoms with Crippen LogP contribution < -0.4 is 5.73 Å². The highest BCUT2D eigenvalue weighted by atomic mass is 15.1. The molecule has 0 amide bonds. The SMILES string of the molecule is CCCC1CCN(CC(C)(C)C(N)c2ccccc2)CC1. The van der Waals surface area contributed by atoms with Crippen LogP contribution in [0.15, 0.2) is 30.3 Å². The van der Waals surface area contributed by atoms with Crippen molar-refractivity contribution in [2.45, 2.75) is 52.5 Å². The lowest BCUT2D eigenvalue weighted by Gasteiger charge is -2.40. The molecule has 21 heavy (non-hydrogen) atoms. The summed E-state index contributed by atoms with van der Waals surface area (Å²) >= 11 is 0. The van der Waals surface area contributed by atoms with Gasteiger partial charge in [0.15, 0.2) is 0 Å². The number of benzene rings is 1. The number of nitrogens with two attached hydrogens (primary N) is 1. The average Bonchev–Trinajstić information content (AvgIpc) is 2.49. The second-order valence-corrected chi connectivity index (χ2v) is 7.39. The van der Waals surface area contributed by atoms with E-state index >= 15 is 0 Å². The Morgan fingerprint density at radius 1 is 1.19 bits per heavy atom. The molecule has 1 aliphatic heterocycles. The first-order valence-corrected chi connectivity index (χ1v) is 8.56. The molecule has 0 spiro atoms. The largest absolute Gasteiger partial charge is 0.323 e. The van der Waals surface area contributed by atoms with E-state index in [0.29, 0.717) is 0 Å². The average molecular weight is 288 g/mol. The number of hydrogen-bond acceptors (Lipinski definition) is 2. The van der Waals surface area contributed by atoms with Crippen LogP contribution in [-0.2, 0) is 0 Å². The molecule has 0 saturated carbocycles. The van der Waals surface area contributed by atoms with Crippen LogP contribution >= 0.6 is 0 Å². The molecule has 0 radical (unpaired) electrons. The second-order valence-electron chi connectivity index (χ2n) is 7.39. The monoisotopic (exact) mass is 288 g/mol. The summed E-state index contributed by atoms with van der Waals surface area (Å²) in [4.78, 5) is 2.62. The normalized spacial score (nSPS) is 19.6. The highest BCUT2D eigenvalue weighted by Gasteiger charge is 2.31. The molecule has 1 unspecified atom stereocenters. The first-order chi connectivity index (χ1) is 10.0. The number of hydrogen-bond donors (Lipinski definition) is 1. The molecule has 2 N–H and O–H groups in total. The zero-order valence-electron chi connectivity index (χ0n) is 14.0. The maximum Gasteiger partial charge on any atom is 0.0359 e. The molecular formula is C19H32N2. The van der Waals surface area contributed by atoms with Gasteiger partial charge in [0.05, 0.1) is 0 Å². The third-order valence-corrected chi connectivity index (χ3v) is 5.04. The van der Waals surface area contributed by atoms with Crippen molar-refractivity contribution in [3.8, 4) is 0 Å². The molecule has 1 fully saturated rings. The lowest BCUT2D eigenvalue weighted by atomic mass is 9.80. The van der Waals surface area contributed by atoms with Crippen molar-refractivity contribution < 1.29 is 0 Å². The van der Waals surface area contributed by atoms with E-state index in [4.69, 9.17) is 5.73 Å². The molecule has 1 aliphatic rings. The van der Waals surface area contributed by atoms with Crippen LogP contribution in [-0.4, -0.2) is 24.5 Å².